The number of nitrogens with two attached hydrogens (primary N) is 1. The van der Waals surface area contributed by atoms with Crippen molar-refractivity contribution >= 4 is 23.2 Å². The average molecular weight is 296 g/mol. The van der Waals surface area contributed by atoms with E-state index in [4.69, 9.17) is 10.5 Å². The molecule has 1 aromatic heterocycles. The number of nitrogens with zero attached hydrogens (tertiary/aromatic N) is 1. The van der Waals surface area contributed by atoms with Crippen molar-refractivity contribution in [3.63, 3.8) is 0 Å². The fraction of sp³-hybridized carbons (Fsp3) is 0.571. The summed E-state index contributed by atoms with van der Waals surface area (Å²) < 4.78 is 5.88. The smallest absolute Gasteiger partial charge is 0.264 e. The lowest BCUT2D eigenvalue weighted by Crippen LogP contribution is -2.43. The fourth-order valence-corrected chi connectivity index (χ4v) is 3.10. The molecule has 2 rings (SSSR count). The molecule has 0 radical (unpaired) electrons. The van der Waals surface area contributed by atoms with E-state index >= 15 is 0 Å². The van der Waals surface area contributed by atoms with Gasteiger partial charge in [-0.25, -0.2) is 0 Å². The molecule has 2 N–H and O–H groups in total. The number of carbonyl (C=O) groups excluding carboxylic acids is 2. The third-order valence-electron chi connectivity index (χ3n) is 3.10. The van der Waals surface area contributed by atoms with Gasteiger partial charge in [0.2, 0.25) is 5.91 Å². The van der Waals surface area contributed by atoms with E-state index < -0.39 is 11.9 Å². The number of hydrogen-bond donors (Lipinski definition) is 1. The van der Waals surface area contributed by atoms with Crippen molar-refractivity contribution < 1.29 is 14.3 Å². The molecule has 2 heterocycles. The zero-order valence-corrected chi connectivity index (χ0v) is 12.8. The minimum absolute atomic E-state index is 0.149. The van der Waals surface area contributed by atoms with Gasteiger partial charge in [-0.2, -0.15) is 0 Å². The first-order valence-corrected chi connectivity index (χ1v) is 7.47. The second-order valence-corrected chi connectivity index (χ2v) is 6.89. The minimum atomic E-state index is -0.586. The van der Waals surface area contributed by atoms with Crippen LogP contribution in [0.3, 0.4) is 0 Å². The zero-order chi connectivity index (χ0) is 14.9. The van der Waals surface area contributed by atoms with Gasteiger partial charge < -0.3 is 15.4 Å². The van der Waals surface area contributed by atoms with Gasteiger partial charge in [0.1, 0.15) is 6.04 Å². The van der Waals surface area contributed by atoms with E-state index in [2.05, 4.69) is 0 Å². The molecule has 1 saturated heterocycles. The summed E-state index contributed by atoms with van der Waals surface area (Å²) in [4.78, 5) is 26.1. The van der Waals surface area contributed by atoms with Crippen LogP contribution in [0.25, 0.3) is 0 Å². The largest absolute Gasteiger partial charge is 0.371 e. The van der Waals surface area contributed by atoms with Crippen molar-refractivity contribution in [1.29, 1.82) is 0 Å². The summed E-state index contributed by atoms with van der Waals surface area (Å²) in [6, 6.07) is 2.98. The second-order valence-electron chi connectivity index (χ2n) is 5.94. The number of hydrogen-bond acceptors (Lipinski definition) is 4. The predicted octanol–water partition coefficient (Wildman–Crippen LogP) is 1.63. The van der Waals surface area contributed by atoms with Crippen molar-refractivity contribution in [1.82, 2.24) is 4.90 Å². The molecule has 2 atom stereocenters. The quantitative estimate of drug-likeness (QED) is 0.921. The summed E-state index contributed by atoms with van der Waals surface area (Å²) in [6.07, 6.45) is 0.306. The normalized spacial score (nSPS) is 23.1. The highest BCUT2D eigenvalue weighted by molar-refractivity contribution is 7.12. The number of primary amides is 1. The van der Waals surface area contributed by atoms with Crippen LogP contribution in [0, 0.1) is 0 Å². The molecule has 0 aromatic carbocycles. The summed E-state index contributed by atoms with van der Waals surface area (Å²) >= 11 is 1.36. The molecular formula is C14H20N2O3S. The molecule has 0 spiro atoms. The van der Waals surface area contributed by atoms with Crippen LogP contribution < -0.4 is 5.73 Å². The van der Waals surface area contributed by atoms with E-state index in [9.17, 15) is 9.59 Å². The van der Waals surface area contributed by atoms with Crippen LogP contribution in [-0.4, -0.2) is 41.0 Å². The Balaban J connectivity index is 2.14. The highest BCUT2D eigenvalue weighted by Crippen LogP contribution is 2.26. The molecule has 2 amide bonds. The summed E-state index contributed by atoms with van der Waals surface area (Å²) in [7, 11) is 0. The Bertz CT molecular complexity index is 493. The summed E-state index contributed by atoms with van der Waals surface area (Å²) in [6.45, 7) is 6.27. The highest BCUT2D eigenvalue weighted by atomic mass is 32.1. The van der Waals surface area contributed by atoms with E-state index in [0.29, 0.717) is 17.8 Å². The van der Waals surface area contributed by atoms with Crippen molar-refractivity contribution in [2.75, 3.05) is 6.54 Å². The Morgan fingerprint density at radius 1 is 1.45 bits per heavy atom. The third kappa shape index (κ3) is 3.37. The van der Waals surface area contributed by atoms with Gasteiger partial charge in [-0.1, -0.05) is 6.07 Å². The topological polar surface area (TPSA) is 72.6 Å². The number of likely N-dealkylation sites (tertiary alicyclic amines) is 1. The van der Waals surface area contributed by atoms with Gasteiger partial charge in [-0.05, 0) is 32.2 Å². The van der Waals surface area contributed by atoms with E-state index in [1.54, 1.807) is 6.07 Å². The monoisotopic (exact) mass is 296 g/mol. The molecule has 0 bridgehead atoms. The number of thiophene rings is 1. The molecule has 1 fully saturated rings. The number of amides is 2. The average Bonchev–Trinajstić information content (AvgIpc) is 2.93. The van der Waals surface area contributed by atoms with Gasteiger partial charge in [0.15, 0.2) is 0 Å². The third-order valence-corrected chi connectivity index (χ3v) is 3.96. The van der Waals surface area contributed by atoms with Gasteiger partial charge >= 0.3 is 0 Å². The van der Waals surface area contributed by atoms with E-state index in [1.807, 2.05) is 32.2 Å². The van der Waals surface area contributed by atoms with Crippen LogP contribution >= 0.6 is 11.3 Å². The van der Waals surface area contributed by atoms with E-state index in [1.165, 1.54) is 16.2 Å². The Hall–Kier alpha value is -1.40. The zero-order valence-electron chi connectivity index (χ0n) is 12.0. The number of ether oxygens (including phenoxy) is 1. The molecule has 6 heteroatoms. The standard InChI is InChI=1S/C14H20N2O3S/c1-14(2,3)19-9-7-10(12(15)17)16(8-9)13(18)11-5-4-6-20-11/h4-6,9-10H,7-8H2,1-3H3,(H2,15,17). The van der Waals surface area contributed by atoms with Gasteiger partial charge in [-0.3, -0.25) is 9.59 Å². The molecular weight excluding hydrogens is 276 g/mol. The Morgan fingerprint density at radius 2 is 2.15 bits per heavy atom. The molecule has 0 aliphatic carbocycles. The second kappa shape index (κ2) is 5.54. The minimum Gasteiger partial charge on any atom is -0.371 e. The maximum Gasteiger partial charge on any atom is 0.264 e. The lowest BCUT2D eigenvalue weighted by molar-refractivity contribution is -0.121. The van der Waals surface area contributed by atoms with Crippen LogP contribution in [0.5, 0.6) is 0 Å². The van der Waals surface area contributed by atoms with Crippen LogP contribution in [0.1, 0.15) is 36.9 Å². The molecule has 5 nitrogen and oxygen atoms in total. The molecule has 1 aliphatic rings. The Labute approximate surface area is 122 Å². The van der Waals surface area contributed by atoms with E-state index in [-0.39, 0.29) is 17.6 Å². The summed E-state index contributed by atoms with van der Waals surface area (Å²) in [5.74, 6) is -0.626. The molecule has 0 saturated carbocycles. The molecule has 1 aliphatic heterocycles. The van der Waals surface area contributed by atoms with Crippen LogP contribution in [0.2, 0.25) is 0 Å². The maximum absolute atomic E-state index is 12.4. The van der Waals surface area contributed by atoms with Crippen LogP contribution in [0.4, 0.5) is 0 Å². The molecule has 110 valence electrons. The van der Waals surface area contributed by atoms with Gasteiger partial charge in [0.05, 0.1) is 16.6 Å². The molecule has 20 heavy (non-hydrogen) atoms. The number of rotatable bonds is 3. The summed E-state index contributed by atoms with van der Waals surface area (Å²) in [5.41, 5.74) is 5.11. The van der Waals surface area contributed by atoms with Gasteiger partial charge in [0.25, 0.3) is 5.91 Å². The fourth-order valence-electron chi connectivity index (χ4n) is 2.42. The SMILES string of the molecule is CC(C)(C)OC1CC(C(N)=O)N(C(=O)c2cccs2)C1. The van der Waals surface area contributed by atoms with Crippen molar-refractivity contribution in [2.45, 2.75) is 44.9 Å². The van der Waals surface area contributed by atoms with Crippen LogP contribution in [0.15, 0.2) is 17.5 Å². The first-order chi connectivity index (χ1) is 9.28. The van der Waals surface area contributed by atoms with Gasteiger partial charge in [-0.15, -0.1) is 11.3 Å². The molecule has 1 aromatic rings. The first-order valence-electron chi connectivity index (χ1n) is 6.59. The first kappa shape index (κ1) is 15.0. The lowest BCUT2D eigenvalue weighted by atomic mass is 10.1. The van der Waals surface area contributed by atoms with E-state index in [0.717, 1.165) is 0 Å². The Morgan fingerprint density at radius 3 is 2.65 bits per heavy atom. The van der Waals surface area contributed by atoms with Crippen LogP contribution in [-0.2, 0) is 9.53 Å². The van der Waals surface area contributed by atoms with Crippen molar-refractivity contribution in [2.24, 2.45) is 5.73 Å². The number of carbonyl (C=O) groups is 2. The lowest BCUT2D eigenvalue weighted by Gasteiger charge is -2.24. The Kier molecular flexibility index (Phi) is 4.15. The van der Waals surface area contributed by atoms with Crippen molar-refractivity contribution in [3.05, 3.63) is 22.4 Å². The predicted molar refractivity (Wildman–Crippen MR) is 77.6 cm³/mol. The van der Waals surface area contributed by atoms with Gasteiger partial charge in [0, 0.05) is 13.0 Å². The summed E-state index contributed by atoms with van der Waals surface area (Å²) in [5, 5.41) is 1.84. The molecule has 2 unspecified atom stereocenters. The highest BCUT2D eigenvalue weighted by Gasteiger charge is 2.40. The van der Waals surface area contributed by atoms with Crippen molar-refractivity contribution in [3.8, 4) is 0 Å². The maximum atomic E-state index is 12.4.